The van der Waals surface area contributed by atoms with Crippen molar-refractivity contribution in [1.29, 1.82) is 0 Å². The zero-order chi connectivity index (χ0) is 13.2. The van der Waals surface area contributed by atoms with E-state index in [2.05, 4.69) is 47.7 Å². The van der Waals surface area contributed by atoms with Crippen molar-refractivity contribution in [3.63, 3.8) is 0 Å². The highest BCUT2D eigenvalue weighted by atomic mass is 79.9. The highest BCUT2D eigenvalue weighted by Gasteiger charge is 2.17. The Morgan fingerprint density at radius 2 is 2.00 bits per heavy atom. The smallest absolute Gasteiger partial charge is 0.229 e. The number of piperazine rings is 1. The van der Waals surface area contributed by atoms with Crippen molar-refractivity contribution in [3.05, 3.63) is 22.2 Å². The molecule has 19 heavy (non-hydrogen) atoms. The topological polar surface area (TPSA) is 45.2 Å². The molecule has 3 heterocycles. The van der Waals surface area contributed by atoms with Gasteiger partial charge in [0, 0.05) is 36.0 Å². The summed E-state index contributed by atoms with van der Waals surface area (Å²) < 4.78 is 1.06. The van der Waals surface area contributed by atoms with Crippen LogP contribution >= 0.6 is 27.3 Å². The van der Waals surface area contributed by atoms with Gasteiger partial charge in [0.25, 0.3) is 0 Å². The monoisotopic (exact) mass is 339 g/mol. The summed E-state index contributed by atoms with van der Waals surface area (Å²) in [5, 5.41) is 2.04. The minimum absolute atomic E-state index is 0.750. The summed E-state index contributed by atoms with van der Waals surface area (Å²) in [6.07, 6.45) is 1.60. The van der Waals surface area contributed by atoms with Gasteiger partial charge in [-0.25, -0.2) is 9.97 Å². The Kier molecular flexibility index (Phi) is 3.76. The lowest BCUT2D eigenvalue weighted by Gasteiger charge is -2.32. The molecule has 0 aromatic carbocycles. The van der Waals surface area contributed by atoms with Gasteiger partial charge in [-0.15, -0.1) is 11.3 Å². The van der Waals surface area contributed by atoms with Gasteiger partial charge in [-0.3, -0.25) is 0 Å². The average molecular weight is 340 g/mol. The van der Waals surface area contributed by atoms with Gasteiger partial charge in [-0.05, 0) is 29.0 Å². The molecule has 100 valence electrons. The summed E-state index contributed by atoms with van der Waals surface area (Å²) in [4.78, 5) is 18.7. The molecule has 1 fully saturated rings. The number of nitrogens with zero attached hydrogens (tertiary/aromatic N) is 5. The van der Waals surface area contributed by atoms with Gasteiger partial charge >= 0.3 is 0 Å². The van der Waals surface area contributed by atoms with Crippen LogP contribution in [0, 0.1) is 0 Å². The van der Waals surface area contributed by atoms with Crippen molar-refractivity contribution in [2.45, 2.75) is 0 Å². The summed E-state index contributed by atoms with van der Waals surface area (Å²) in [5.41, 5.74) is 0. The number of aromatic nitrogens is 3. The first-order valence-electron chi connectivity index (χ1n) is 6.09. The summed E-state index contributed by atoms with van der Waals surface area (Å²) in [6, 6.07) is 2.04. The molecule has 2 aromatic rings. The lowest BCUT2D eigenvalue weighted by atomic mass is 10.3. The molecule has 5 nitrogen and oxygen atoms in total. The molecule has 0 radical (unpaired) electrons. The van der Waals surface area contributed by atoms with Crippen LogP contribution in [0.3, 0.4) is 0 Å². The summed E-state index contributed by atoms with van der Waals surface area (Å²) in [7, 11) is 2.14. The standard InChI is InChI=1S/C12H14BrN5S/c1-17-2-4-18(5-3-17)12-15-8-14-11(16-12)10-6-9(13)7-19-10/h6-8H,2-5H2,1H3. The van der Waals surface area contributed by atoms with Crippen LogP contribution < -0.4 is 4.90 Å². The molecule has 0 saturated carbocycles. The summed E-state index contributed by atoms with van der Waals surface area (Å²) in [6.45, 7) is 4.03. The Balaban J connectivity index is 1.84. The van der Waals surface area contributed by atoms with E-state index < -0.39 is 0 Å². The molecular weight excluding hydrogens is 326 g/mol. The van der Waals surface area contributed by atoms with Crippen LogP contribution in [-0.4, -0.2) is 53.1 Å². The number of likely N-dealkylation sites (N-methyl/N-ethyl adjacent to an activating group) is 1. The largest absolute Gasteiger partial charge is 0.338 e. The number of halogens is 1. The fourth-order valence-electron chi connectivity index (χ4n) is 2.00. The van der Waals surface area contributed by atoms with Crippen molar-refractivity contribution in [2.24, 2.45) is 0 Å². The van der Waals surface area contributed by atoms with Crippen LogP contribution in [0.25, 0.3) is 10.7 Å². The molecule has 3 rings (SSSR count). The van der Waals surface area contributed by atoms with Gasteiger partial charge in [0.1, 0.15) is 6.33 Å². The van der Waals surface area contributed by atoms with Gasteiger partial charge < -0.3 is 9.80 Å². The molecule has 1 aliphatic heterocycles. The van der Waals surface area contributed by atoms with Crippen LogP contribution in [0.2, 0.25) is 0 Å². The molecule has 0 unspecified atom stereocenters. The van der Waals surface area contributed by atoms with Gasteiger partial charge in [0.15, 0.2) is 5.82 Å². The zero-order valence-corrected chi connectivity index (χ0v) is 13.0. The van der Waals surface area contributed by atoms with Crippen molar-refractivity contribution in [3.8, 4) is 10.7 Å². The molecule has 0 amide bonds. The molecule has 0 aliphatic carbocycles. The van der Waals surface area contributed by atoms with E-state index >= 15 is 0 Å². The third-order valence-corrected chi connectivity index (χ3v) is 4.82. The van der Waals surface area contributed by atoms with Crippen LogP contribution in [0.4, 0.5) is 5.95 Å². The highest BCUT2D eigenvalue weighted by Crippen LogP contribution is 2.27. The predicted molar refractivity (Wildman–Crippen MR) is 80.6 cm³/mol. The lowest BCUT2D eigenvalue weighted by molar-refractivity contribution is 0.311. The quantitative estimate of drug-likeness (QED) is 0.838. The van der Waals surface area contributed by atoms with Crippen molar-refractivity contribution >= 4 is 33.2 Å². The van der Waals surface area contributed by atoms with Crippen molar-refractivity contribution < 1.29 is 0 Å². The van der Waals surface area contributed by atoms with E-state index in [0.717, 1.165) is 47.3 Å². The van der Waals surface area contributed by atoms with Crippen LogP contribution in [-0.2, 0) is 0 Å². The first-order chi connectivity index (χ1) is 9.22. The maximum Gasteiger partial charge on any atom is 0.229 e. The molecular formula is C12H14BrN5S. The SMILES string of the molecule is CN1CCN(c2ncnc(-c3cc(Br)cs3)n2)CC1. The van der Waals surface area contributed by atoms with Gasteiger partial charge in [0.2, 0.25) is 5.95 Å². The fourth-order valence-corrected chi connectivity index (χ4v) is 3.36. The van der Waals surface area contributed by atoms with Gasteiger partial charge in [0.05, 0.1) is 4.88 Å². The number of anilines is 1. The molecule has 0 N–H and O–H groups in total. The maximum atomic E-state index is 4.58. The molecule has 2 aromatic heterocycles. The highest BCUT2D eigenvalue weighted by molar-refractivity contribution is 9.10. The van der Waals surface area contributed by atoms with E-state index in [0.29, 0.717) is 0 Å². The van der Waals surface area contributed by atoms with Gasteiger partial charge in [-0.1, -0.05) is 0 Å². The zero-order valence-electron chi connectivity index (χ0n) is 10.6. The Labute approximate surface area is 124 Å². The van der Waals surface area contributed by atoms with Crippen molar-refractivity contribution in [2.75, 3.05) is 38.1 Å². The Morgan fingerprint density at radius 1 is 1.21 bits per heavy atom. The maximum absolute atomic E-state index is 4.58. The van der Waals surface area contributed by atoms with E-state index in [1.165, 1.54) is 0 Å². The second kappa shape index (κ2) is 5.52. The molecule has 1 saturated heterocycles. The van der Waals surface area contributed by atoms with Crippen LogP contribution in [0.15, 0.2) is 22.2 Å². The average Bonchev–Trinajstić information content (AvgIpc) is 2.86. The van der Waals surface area contributed by atoms with E-state index in [4.69, 9.17) is 0 Å². The second-order valence-electron chi connectivity index (χ2n) is 4.53. The molecule has 0 atom stereocenters. The van der Waals surface area contributed by atoms with E-state index in [1.807, 2.05) is 11.4 Å². The molecule has 7 heteroatoms. The lowest BCUT2D eigenvalue weighted by Crippen LogP contribution is -2.45. The molecule has 0 bridgehead atoms. The van der Waals surface area contributed by atoms with E-state index in [-0.39, 0.29) is 0 Å². The second-order valence-corrected chi connectivity index (χ2v) is 6.36. The Hall–Kier alpha value is -1.05. The Bertz CT molecular complexity index is 565. The first kappa shape index (κ1) is 13.0. The van der Waals surface area contributed by atoms with E-state index in [1.54, 1.807) is 17.7 Å². The summed E-state index contributed by atoms with van der Waals surface area (Å²) >= 11 is 5.09. The Morgan fingerprint density at radius 3 is 2.68 bits per heavy atom. The fraction of sp³-hybridized carbons (Fsp3) is 0.417. The predicted octanol–water partition coefficient (Wildman–Crippen LogP) is 2.11. The molecule has 1 aliphatic rings. The van der Waals surface area contributed by atoms with Crippen LogP contribution in [0.1, 0.15) is 0 Å². The minimum Gasteiger partial charge on any atom is -0.338 e. The van der Waals surface area contributed by atoms with Gasteiger partial charge in [-0.2, -0.15) is 4.98 Å². The third-order valence-electron chi connectivity index (χ3n) is 3.13. The van der Waals surface area contributed by atoms with E-state index in [9.17, 15) is 0 Å². The number of thiophene rings is 1. The third kappa shape index (κ3) is 2.93. The first-order valence-corrected chi connectivity index (χ1v) is 7.76. The normalized spacial score (nSPS) is 16.8. The number of hydrogen-bond donors (Lipinski definition) is 0. The number of hydrogen-bond acceptors (Lipinski definition) is 6. The number of rotatable bonds is 2. The minimum atomic E-state index is 0.750. The van der Waals surface area contributed by atoms with Crippen LogP contribution in [0.5, 0.6) is 0 Å². The summed E-state index contributed by atoms with van der Waals surface area (Å²) in [5.74, 6) is 1.53. The van der Waals surface area contributed by atoms with Crippen molar-refractivity contribution in [1.82, 2.24) is 19.9 Å². The molecule has 0 spiro atoms.